The van der Waals surface area contributed by atoms with Gasteiger partial charge in [-0.15, -0.1) is 0 Å². The molecule has 1 aliphatic heterocycles. The minimum Gasteiger partial charge on any atom is -0.381 e. The highest BCUT2D eigenvalue weighted by Crippen LogP contribution is 2.25. The molecule has 18 heavy (non-hydrogen) atoms. The summed E-state index contributed by atoms with van der Waals surface area (Å²) in [5.41, 5.74) is 6.49. The Morgan fingerprint density at radius 2 is 2.22 bits per heavy atom. The van der Waals surface area contributed by atoms with Gasteiger partial charge in [-0.3, -0.25) is 4.79 Å². The molecule has 1 saturated heterocycles. The van der Waals surface area contributed by atoms with E-state index in [0.29, 0.717) is 16.6 Å². The molecule has 1 aromatic rings. The zero-order valence-electron chi connectivity index (χ0n) is 10.1. The predicted octanol–water partition coefficient (Wildman–Crippen LogP) is 2.42. The number of hydrogen-bond acceptors (Lipinski definition) is 3. The Balaban J connectivity index is 2.11. The van der Waals surface area contributed by atoms with Crippen molar-refractivity contribution in [3.05, 3.63) is 28.8 Å². The molecule has 5 heteroatoms. The maximum atomic E-state index is 11.1. The van der Waals surface area contributed by atoms with E-state index in [1.54, 1.807) is 18.2 Å². The molecule has 1 atom stereocenters. The molecule has 1 unspecified atom stereocenters. The third-order valence-electron chi connectivity index (χ3n) is 3.06. The fourth-order valence-corrected chi connectivity index (χ4v) is 2.23. The molecule has 0 aromatic heterocycles. The van der Waals surface area contributed by atoms with Crippen molar-refractivity contribution < 1.29 is 9.53 Å². The van der Waals surface area contributed by atoms with E-state index in [1.807, 2.05) is 0 Å². The fourth-order valence-electron chi connectivity index (χ4n) is 2.06. The van der Waals surface area contributed by atoms with Crippen LogP contribution in [0.15, 0.2) is 18.2 Å². The van der Waals surface area contributed by atoms with Crippen LogP contribution in [0.4, 0.5) is 5.69 Å². The lowest BCUT2D eigenvalue weighted by Gasteiger charge is -2.18. The van der Waals surface area contributed by atoms with Crippen molar-refractivity contribution in [3.63, 3.8) is 0 Å². The number of ether oxygens (including phenoxy) is 1. The molecule has 0 bridgehead atoms. The van der Waals surface area contributed by atoms with Gasteiger partial charge in [0.1, 0.15) is 0 Å². The SMILES string of the molecule is NC(=O)c1ccc(Cl)c(NC2CCCOCC2)c1. The lowest BCUT2D eigenvalue weighted by atomic mass is 10.1. The predicted molar refractivity (Wildman–Crippen MR) is 72.1 cm³/mol. The molecule has 0 aliphatic carbocycles. The number of hydrogen-bond donors (Lipinski definition) is 2. The van der Waals surface area contributed by atoms with Gasteiger partial charge in [0.2, 0.25) is 5.91 Å². The summed E-state index contributed by atoms with van der Waals surface area (Å²) >= 11 is 6.12. The summed E-state index contributed by atoms with van der Waals surface area (Å²) in [7, 11) is 0. The maximum Gasteiger partial charge on any atom is 0.248 e. The lowest BCUT2D eigenvalue weighted by molar-refractivity contribution is 0.100. The Morgan fingerprint density at radius 1 is 1.39 bits per heavy atom. The van der Waals surface area contributed by atoms with Gasteiger partial charge in [0.05, 0.1) is 10.7 Å². The van der Waals surface area contributed by atoms with Crippen LogP contribution in [0.25, 0.3) is 0 Å². The molecule has 0 saturated carbocycles. The molecule has 4 nitrogen and oxygen atoms in total. The molecule has 1 aliphatic rings. The van der Waals surface area contributed by atoms with Crippen LogP contribution in [0.3, 0.4) is 0 Å². The van der Waals surface area contributed by atoms with Crippen molar-refractivity contribution in [2.75, 3.05) is 18.5 Å². The zero-order valence-corrected chi connectivity index (χ0v) is 10.9. The van der Waals surface area contributed by atoms with E-state index in [1.165, 1.54) is 0 Å². The Hall–Kier alpha value is -1.26. The molecule has 1 aromatic carbocycles. The summed E-state index contributed by atoms with van der Waals surface area (Å²) < 4.78 is 5.41. The molecule has 3 N–H and O–H groups in total. The van der Waals surface area contributed by atoms with Gasteiger partial charge in [-0.25, -0.2) is 0 Å². The molecule has 0 radical (unpaired) electrons. The molecule has 0 spiro atoms. The highest BCUT2D eigenvalue weighted by atomic mass is 35.5. The number of amides is 1. The van der Waals surface area contributed by atoms with Gasteiger partial charge in [-0.2, -0.15) is 0 Å². The Morgan fingerprint density at radius 3 is 3.00 bits per heavy atom. The Kier molecular flexibility index (Phi) is 4.44. The quantitative estimate of drug-likeness (QED) is 0.885. The van der Waals surface area contributed by atoms with Crippen molar-refractivity contribution >= 4 is 23.2 Å². The van der Waals surface area contributed by atoms with Gasteiger partial charge in [0.15, 0.2) is 0 Å². The van der Waals surface area contributed by atoms with Crippen LogP contribution in [0.5, 0.6) is 0 Å². The van der Waals surface area contributed by atoms with Crippen molar-refractivity contribution in [2.24, 2.45) is 5.73 Å². The molecule has 1 fully saturated rings. The first-order valence-electron chi connectivity index (χ1n) is 6.10. The minimum absolute atomic E-state index is 0.327. The first-order valence-corrected chi connectivity index (χ1v) is 6.48. The van der Waals surface area contributed by atoms with Crippen molar-refractivity contribution in [3.8, 4) is 0 Å². The number of primary amides is 1. The van der Waals surface area contributed by atoms with E-state index in [2.05, 4.69) is 5.32 Å². The highest BCUT2D eigenvalue weighted by molar-refractivity contribution is 6.33. The number of carbonyl (C=O) groups excluding carboxylic acids is 1. The maximum absolute atomic E-state index is 11.1. The topological polar surface area (TPSA) is 64.4 Å². The van der Waals surface area contributed by atoms with Gasteiger partial charge >= 0.3 is 0 Å². The fraction of sp³-hybridized carbons (Fsp3) is 0.462. The number of halogens is 1. The van der Waals surface area contributed by atoms with Crippen molar-refractivity contribution in [2.45, 2.75) is 25.3 Å². The van der Waals surface area contributed by atoms with E-state index in [0.717, 1.165) is 38.2 Å². The summed E-state index contributed by atoms with van der Waals surface area (Å²) in [5, 5.41) is 3.97. The third-order valence-corrected chi connectivity index (χ3v) is 3.39. The summed E-state index contributed by atoms with van der Waals surface area (Å²) in [5.74, 6) is -0.445. The number of carbonyl (C=O) groups is 1. The van der Waals surface area contributed by atoms with E-state index < -0.39 is 5.91 Å². The Bertz CT molecular complexity index is 429. The molecular weight excluding hydrogens is 252 g/mol. The van der Waals surface area contributed by atoms with Crippen LogP contribution < -0.4 is 11.1 Å². The number of rotatable bonds is 3. The van der Waals surface area contributed by atoms with E-state index >= 15 is 0 Å². The van der Waals surface area contributed by atoms with E-state index in [9.17, 15) is 4.79 Å². The van der Waals surface area contributed by atoms with Crippen LogP contribution in [0.2, 0.25) is 5.02 Å². The largest absolute Gasteiger partial charge is 0.381 e. The van der Waals surface area contributed by atoms with Gasteiger partial charge in [0, 0.05) is 24.8 Å². The lowest BCUT2D eigenvalue weighted by Crippen LogP contribution is -2.20. The number of nitrogens with one attached hydrogen (secondary N) is 1. The van der Waals surface area contributed by atoms with Crippen LogP contribution >= 0.6 is 11.6 Å². The Labute approximate surface area is 111 Å². The van der Waals surface area contributed by atoms with Crippen LogP contribution in [0.1, 0.15) is 29.6 Å². The number of anilines is 1. The molecule has 1 amide bonds. The summed E-state index contributed by atoms with van der Waals surface area (Å²) in [6.45, 7) is 1.57. The number of benzene rings is 1. The van der Waals surface area contributed by atoms with Crippen LogP contribution in [-0.4, -0.2) is 25.2 Å². The van der Waals surface area contributed by atoms with Gasteiger partial charge in [-0.1, -0.05) is 11.6 Å². The minimum atomic E-state index is -0.445. The summed E-state index contributed by atoms with van der Waals surface area (Å²) in [4.78, 5) is 11.1. The first-order chi connectivity index (χ1) is 8.66. The van der Waals surface area contributed by atoms with Crippen molar-refractivity contribution in [1.82, 2.24) is 0 Å². The molecule has 2 rings (SSSR count). The van der Waals surface area contributed by atoms with Crippen LogP contribution in [0, 0.1) is 0 Å². The van der Waals surface area contributed by atoms with Gasteiger partial charge in [-0.05, 0) is 37.5 Å². The average molecular weight is 269 g/mol. The first kappa shape index (κ1) is 13.2. The van der Waals surface area contributed by atoms with Crippen molar-refractivity contribution in [1.29, 1.82) is 0 Å². The van der Waals surface area contributed by atoms with Crippen LogP contribution in [-0.2, 0) is 4.74 Å². The normalized spacial score (nSPS) is 20.2. The number of nitrogens with two attached hydrogens (primary N) is 1. The van der Waals surface area contributed by atoms with Gasteiger partial charge < -0.3 is 15.8 Å². The van der Waals surface area contributed by atoms with Gasteiger partial charge in [0.25, 0.3) is 0 Å². The highest BCUT2D eigenvalue weighted by Gasteiger charge is 2.14. The van der Waals surface area contributed by atoms with E-state index in [-0.39, 0.29) is 0 Å². The molecule has 98 valence electrons. The standard InChI is InChI=1S/C13H17ClN2O2/c14-11-4-3-9(13(15)17)8-12(11)16-10-2-1-6-18-7-5-10/h3-4,8,10,16H,1-2,5-7H2,(H2,15,17). The second kappa shape index (κ2) is 6.07. The smallest absolute Gasteiger partial charge is 0.248 e. The zero-order chi connectivity index (χ0) is 13.0. The molecule has 1 heterocycles. The third kappa shape index (κ3) is 3.37. The summed E-state index contributed by atoms with van der Waals surface area (Å²) in [6.07, 6.45) is 3.01. The van der Waals surface area contributed by atoms with E-state index in [4.69, 9.17) is 22.1 Å². The molecular formula is C13H17ClN2O2. The second-order valence-corrected chi connectivity index (χ2v) is 4.85. The second-order valence-electron chi connectivity index (χ2n) is 4.44. The average Bonchev–Trinajstić information content (AvgIpc) is 2.60. The summed E-state index contributed by atoms with van der Waals surface area (Å²) in [6, 6.07) is 5.35. The monoisotopic (exact) mass is 268 g/mol.